The predicted octanol–water partition coefficient (Wildman–Crippen LogP) is 3.36. The SMILES string of the molecule is O=C(N[C@@H](Cc1cnc[nH]1)C(=O)F)OCC1c2ccccc2-c2ccccc21. The molecule has 0 bridgehead atoms. The molecule has 0 aliphatic heterocycles. The van der Waals surface area contributed by atoms with Crippen LogP contribution in [-0.2, 0) is 16.0 Å². The first-order valence-electron chi connectivity index (χ1n) is 8.91. The van der Waals surface area contributed by atoms with E-state index in [1.807, 2.05) is 48.5 Å². The van der Waals surface area contributed by atoms with Crippen LogP contribution in [0.4, 0.5) is 9.18 Å². The van der Waals surface area contributed by atoms with Crippen molar-refractivity contribution < 1.29 is 18.7 Å². The average Bonchev–Trinajstić information content (AvgIpc) is 3.32. The predicted molar refractivity (Wildman–Crippen MR) is 100 cm³/mol. The third kappa shape index (κ3) is 3.51. The number of carbonyl (C=O) groups excluding carboxylic acids is 2. The standard InChI is InChI=1S/C21H18FN3O3/c22-20(26)19(9-13-10-23-12-24-13)25-21(27)28-11-18-16-7-3-1-5-14(16)15-6-2-4-8-17(15)18/h1-8,10,12,18-19H,9,11H2,(H,23,24)(H,25,27)/t19-/m0/s1. The number of rotatable bonds is 6. The number of fused-ring (bicyclic) bond motifs is 3. The minimum atomic E-state index is -1.64. The molecule has 1 amide bonds. The third-order valence-electron chi connectivity index (χ3n) is 4.89. The van der Waals surface area contributed by atoms with Gasteiger partial charge in [0.05, 0.1) is 6.33 Å². The Morgan fingerprint density at radius 2 is 1.75 bits per heavy atom. The van der Waals surface area contributed by atoms with Gasteiger partial charge in [0, 0.05) is 24.2 Å². The van der Waals surface area contributed by atoms with Crippen LogP contribution in [0.2, 0.25) is 0 Å². The van der Waals surface area contributed by atoms with E-state index in [1.165, 1.54) is 12.5 Å². The molecular weight excluding hydrogens is 361 g/mol. The minimum absolute atomic E-state index is 0.0282. The van der Waals surface area contributed by atoms with Crippen LogP contribution in [-0.4, -0.2) is 34.7 Å². The summed E-state index contributed by atoms with van der Waals surface area (Å²) in [6.45, 7) is 0.0944. The summed E-state index contributed by atoms with van der Waals surface area (Å²) in [5.41, 5.74) is 4.92. The van der Waals surface area contributed by atoms with Crippen molar-refractivity contribution >= 4 is 12.1 Å². The summed E-state index contributed by atoms with van der Waals surface area (Å²) < 4.78 is 18.7. The highest BCUT2D eigenvalue weighted by atomic mass is 19.1. The maximum absolute atomic E-state index is 13.3. The Labute approximate surface area is 160 Å². The van der Waals surface area contributed by atoms with Crippen molar-refractivity contribution in [1.82, 2.24) is 15.3 Å². The second kappa shape index (κ2) is 7.64. The van der Waals surface area contributed by atoms with Gasteiger partial charge < -0.3 is 15.0 Å². The van der Waals surface area contributed by atoms with Gasteiger partial charge in [-0.2, -0.15) is 4.39 Å². The van der Waals surface area contributed by atoms with Crippen molar-refractivity contribution in [2.75, 3.05) is 6.61 Å². The summed E-state index contributed by atoms with van der Waals surface area (Å²) in [6, 6.07) is 13.0. The van der Waals surface area contributed by atoms with Crippen LogP contribution >= 0.6 is 0 Å². The van der Waals surface area contributed by atoms with Gasteiger partial charge >= 0.3 is 12.1 Å². The van der Waals surface area contributed by atoms with Crippen molar-refractivity contribution in [3.63, 3.8) is 0 Å². The summed E-state index contributed by atoms with van der Waals surface area (Å²) in [5.74, 6) is -0.106. The van der Waals surface area contributed by atoms with E-state index in [-0.39, 0.29) is 18.9 Å². The Hall–Kier alpha value is -3.48. The molecule has 142 valence electrons. The summed E-state index contributed by atoms with van der Waals surface area (Å²) in [7, 11) is 0. The molecule has 1 aliphatic rings. The number of halogens is 1. The van der Waals surface area contributed by atoms with E-state index in [1.54, 1.807) is 0 Å². The minimum Gasteiger partial charge on any atom is -0.449 e. The smallest absolute Gasteiger partial charge is 0.407 e. The molecule has 4 rings (SSSR count). The lowest BCUT2D eigenvalue weighted by atomic mass is 9.98. The topological polar surface area (TPSA) is 84.1 Å². The molecule has 2 N–H and O–H groups in total. The first-order valence-corrected chi connectivity index (χ1v) is 8.91. The number of hydrogen-bond acceptors (Lipinski definition) is 4. The molecule has 1 atom stereocenters. The maximum atomic E-state index is 13.3. The monoisotopic (exact) mass is 379 g/mol. The van der Waals surface area contributed by atoms with Gasteiger partial charge in [-0.25, -0.2) is 9.78 Å². The zero-order chi connectivity index (χ0) is 19.5. The third-order valence-corrected chi connectivity index (χ3v) is 4.89. The zero-order valence-electron chi connectivity index (χ0n) is 14.9. The highest BCUT2D eigenvalue weighted by Crippen LogP contribution is 2.44. The highest BCUT2D eigenvalue weighted by molar-refractivity contribution is 5.81. The van der Waals surface area contributed by atoms with E-state index in [2.05, 4.69) is 15.3 Å². The fraction of sp³-hybridized carbons (Fsp3) is 0.190. The van der Waals surface area contributed by atoms with E-state index in [4.69, 9.17) is 4.74 Å². The van der Waals surface area contributed by atoms with Gasteiger partial charge in [-0.3, -0.25) is 4.79 Å². The second-order valence-electron chi connectivity index (χ2n) is 6.61. The largest absolute Gasteiger partial charge is 0.449 e. The van der Waals surface area contributed by atoms with Gasteiger partial charge in [0.2, 0.25) is 0 Å². The number of carbonyl (C=O) groups is 2. The number of nitrogens with zero attached hydrogens (tertiary/aromatic N) is 1. The number of aromatic nitrogens is 2. The van der Waals surface area contributed by atoms with Crippen LogP contribution in [0.15, 0.2) is 61.1 Å². The maximum Gasteiger partial charge on any atom is 0.407 e. The first kappa shape index (κ1) is 17.9. The summed E-state index contributed by atoms with van der Waals surface area (Å²) >= 11 is 0. The molecule has 0 saturated carbocycles. The molecule has 0 radical (unpaired) electrons. The molecule has 3 aromatic rings. The second-order valence-corrected chi connectivity index (χ2v) is 6.61. The van der Waals surface area contributed by atoms with E-state index in [9.17, 15) is 14.0 Å². The lowest BCUT2D eigenvalue weighted by Gasteiger charge is -2.17. The van der Waals surface area contributed by atoms with Gasteiger partial charge in [-0.05, 0) is 22.3 Å². The van der Waals surface area contributed by atoms with Crippen LogP contribution < -0.4 is 5.32 Å². The van der Waals surface area contributed by atoms with Crippen LogP contribution in [0.1, 0.15) is 22.7 Å². The molecule has 1 aromatic heterocycles. The average molecular weight is 379 g/mol. The quantitative estimate of drug-likeness (QED) is 0.644. The molecular formula is C21H18FN3O3. The Morgan fingerprint density at radius 1 is 1.11 bits per heavy atom. The summed E-state index contributed by atoms with van der Waals surface area (Å²) in [4.78, 5) is 30.0. The Morgan fingerprint density at radius 3 is 2.32 bits per heavy atom. The van der Waals surface area contributed by atoms with Gasteiger partial charge in [-0.1, -0.05) is 48.5 Å². The molecule has 6 nitrogen and oxygen atoms in total. The fourth-order valence-corrected chi connectivity index (χ4v) is 3.59. The van der Waals surface area contributed by atoms with Crippen molar-refractivity contribution in [3.8, 4) is 11.1 Å². The van der Waals surface area contributed by atoms with Crippen molar-refractivity contribution in [3.05, 3.63) is 77.9 Å². The lowest BCUT2D eigenvalue weighted by molar-refractivity contribution is -0.131. The number of aromatic amines is 1. The number of ether oxygens (including phenoxy) is 1. The van der Waals surface area contributed by atoms with E-state index >= 15 is 0 Å². The number of benzene rings is 2. The van der Waals surface area contributed by atoms with Crippen LogP contribution in [0.25, 0.3) is 11.1 Å². The Kier molecular flexibility index (Phi) is 4.89. The highest BCUT2D eigenvalue weighted by Gasteiger charge is 2.29. The molecule has 2 aromatic carbocycles. The van der Waals surface area contributed by atoms with Crippen molar-refractivity contribution in [1.29, 1.82) is 0 Å². The van der Waals surface area contributed by atoms with E-state index in [0.29, 0.717) is 5.69 Å². The van der Waals surface area contributed by atoms with Crippen molar-refractivity contribution in [2.45, 2.75) is 18.4 Å². The van der Waals surface area contributed by atoms with E-state index in [0.717, 1.165) is 22.3 Å². The van der Waals surface area contributed by atoms with Gasteiger partial charge in [0.1, 0.15) is 12.6 Å². The molecule has 0 spiro atoms. The number of nitrogens with one attached hydrogen (secondary N) is 2. The number of hydrogen-bond donors (Lipinski definition) is 2. The zero-order valence-corrected chi connectivity index (χ0v) is 14.9. The normalized spacial score (nSPS) is 13.5. The van der Waals surface area contributed by atoms with Crippen LogP contribution in [0.5, 0.6) is 0 Å². The molecule has 0 fully saturated rings. The van der Waals surface area contributed by atoms with Gasteiger partial charge in [-0.15, -0.1) is 0 Å². The summed E-state index contributed by atoms with van der Waals surface area (Å²) in [6.07, 6.45) is 2.02. The lowest BCUT2D eigenvalue weighted by Crippen LogP contribution is -2.41. The molecule has 1 aliphatic carbocycles. The number of alkyl carbamates (subject to hydrolysis) is 1. The van der Waals surface area contributed by atoms with Crippen molar-refractivity contribution in [2.24, 2.45) is 0 Å². The molecule has 7 heteroatoms. The molecule has 0 saturated heterocycles. The Bertz CT molecular complexity index is 958. The van der Waals surface area contributed by atoms with Gasteiger partial charge in [0.15, 0.2) is 0 Å². The van der Waals surface area contributed by atoms with Crippen LogP contribution in [0.3, 0.4) is 0 Å². The molecule has 0 unspecified atom stereocenters. The number of imidazole rings is 1. The first-order chi connectivity index (χ1) is 13.6. The van der Waals surface area contributed by atoms with Gasteiger partial charge in [0.25, 0.3) is 0 Å². The fourth-order valence-electron chi connectivity index (χ4n) is 3.59. The number of H-pyrrole nitrogens is 1. The number of amides is 1. The van der Waals surface area contributed by atoms with Crippen LogP contribution in [0, 0.1) is 0 Å². The molecule has 1 heterocycles. The summed E-state index contributed by atoms with van der Waals surface area (Å²) in [5, 5.41) is 2.29. The van der Waals surface area contributed by atoms with E-state index < -0.39 is 18.2 Å². The Balaban J connectivity index is 1.44. The molecule has 28 heavy (non-hydrogen) atoms.